The molecule has 0 fully saturated rings. The number of hydrogen-bond donors (Lipinski definition) is 3. The van der Waals surface area contributed by atoms with Crippen molar-refractivity contribution >= 4 is 21.4 Å². The summed E-state index contributed by atoms with van der Waals surface area (Å²) < 4.78 is 22.6. The van der Waals surface area contributed by atoms with Crippen molar-refractivity contribution in [2.75, 3.05) is 30.7 Å². The molecule has 114 valence electrons. The third-order valence-electron chi connectivity index (χ3n) is 3.16. The lowest BCUT2D eigenvalue weighted by Crippen LogP contribution is -2.34. The standard InChI is InChI=1S/C13H24N4O2S/c1-4-17(5-2)9-10(3)16-11-6-7-13(12(14)8-11)20(15,18)19/h6-8,10,16H,4-5,9,14H2,1-3H3,(H2,15,18,19). The van der Waals surface area contributed by atoms with Gasteiger partial charge in [-0.2, -0.15) is 0 Å². The summed E-state index contributed by atoms with van der Waals surface area (Å²) in [5.74, 6) is 0. The second-order valence-electron chi connectivity index (χ2n) is 4.83. The summed E-state index contributed by atoms with van der Waals surface area (Å²) >= 11 is 0. The lowest BCUT2D eigenvalue weighted by molar-refractivity contribution is 0.295. The first kappa shape index (κ1) is 16.7. The van der Waals surface area contributed by atoms with Crippen molar-refractivity contribution in [3.8, 4) is 0 Å². The Labute approximate surface area is 121 Å². The lowest BCUT2D eigenvalue weighted by atomic mass is 10.2. The first-order valence-corrected chi connectivity index (χ1v) is 8.23. The zero-order valence-electron chi connectivity index (χ0n) is 12.3. The summed E-state index contributed by atoms with van der Waals surface area (Å²) in [4.78, 5) is 2.26. The molecule has 0 aliphatic rings. The number of hydrogen-bond acceptors (Lipinski definition) is 5. The van der Waals surface area contributed by atoms with Gasteiger partial charge in [-0.15, -0.1) is 0 Å². The monoisotopic (exact) mass is 300 g/mol. The first-order valence-electron chi connectivity index (χ1n) is 6.69. The minimum Gasteiger partial charge on any atom is -0.398 e. The molecule has 0 aliphatic heterocycles. The predicted octanol–water partition coefficient (Wildman–Crippen LogP) is 1.06. The molecule has 0 heterocycles. The molecule has 1 rings (SSSR count). The Kier molecular flexibility index (Phi) is 5.79. The highest BCUT2D eigenvalue weighted by atomic mass is 32.2. The summed E-state index contributed by atoms with van der Waals surface area (Å²) in [7, 11) is -3.77. The van der Waals surface area contributed by atoms with Crippen molar-refractivity contribution < 1.29 is 8.42 Å². The fourth-order valence-electron chi connectivity index (χ4n) is 2.10. The molecule has 0 aliphatic carbocycles. The van der Waals surface area contributed by atoms with Gasteiger partial charge in [-0.25, -0.2) is 13.6 Å². The van der Waals surface area contributed by atoms with E-state index in [1.807, 2.05) is 0 Å². The number of rotatable bonds is 7. The van der Waals surface area contributed by atoms with Crippen molar-refractivity contribution in [1.29, 1.82) is 0 Å². The number of anilines is 2. The molecule has 0 amide bonds. The van der Waals surface area contributed by atoms with Crippen molar-refractivity contribution in [3.05, 3.63) is 18.2 Å². The first-order chi connectivity index (χ1) is 9.27. The van der Waals surface area contributed by atoms with Crippen LogP contribution in [0.15, 0.2) is 23.1 Å². The molecule has 0 radical (unpaired) electrons. The number of primary sulfonamides is 1. The Balaban J connectivity index is 2.77. The highest BCUT2D eigenvalue weighted by Gasteiger charge is 2.13. The van der Waals surface area contributed by atoms with Crippen molar-refractivity contribution in [3.63, 3.8) is 0 Å². The minimum absolute atomic E-state index is 0.0422. The summed E-state index contributed by atoms with van der Waals surface area (Å²) in [6.45, 7) is 9.21. The van der Waals surface area contributed by atoms with E-state index in [9.17, 15) is 8.42 Å². The van der Waals surface area contributed by atoms with Gasteiger partial charge in [-0.1, -0.05) is 13.8 Å². The average molecular weight is 300 g/mol. The molecule has 0 saturated heterocycles. The second-order valence-corrected chi connectivity index (χ2v) is 6.36. The summed E-state index contributed by atoms with van der Waals surface area (Å²) in [6, 6.07) is 4.93. The Morgan fingerprint density at radius 2 is 1.90 bits per heavy atom. The molecule has 1 atom stereocenters. The SMILES string of the molecule is CCN(CC)CC(C)Nc1ccc(S(N)(=O)=O)c(N)c1. The van der Waals surface area contributed by atoms with Crippen LogP contribution in [0.3, 0.4) is 0 Å². The quantitative estimate of drug-likeness (QED) is 0.654. The molecule has 0 spiro atoms. The van der Waals surface area contributed by atoms with Gasteiger partial charge >= 0.3 is 0 Å². The van der Waals surface area contributed by atoms with E-state index < -0.39 is 10.0 Å². The Morgan fingerprint density at radius 1 is 1.30 bits per heavy atom. The van der Waals surface area contributed by atoms with Crippen LogP contribution in [-0.4, -0.2) is 39.0 Å². The van der Waals surface area contributed by atoms with E-state index in [0.717, 1.165) is 25.3 Å². The van der Waals surface area contributed by atoms with E-state index in [0.29, 0.717) is 0 Å². The van der Waals surface area contributed by atoms with E-state index in [1.54, 1.807) is 12.1 Å². The molecule has 7 heteroatoms. The van der Waals surface area contributed by atoms with Crippen LogP contribution in [0.25, 0.3) is 0 Å². The van der Waals surface area contributed by atoms with Gasteiger partial charge in [0.25, 0.3) is 0 Å². The predicted molar refractivity (Wildman–Crippen MR) is 83.1 cm³/mol. The molecule has 5 N–H and O–H groups in total. The number of nitrogen functional groups attached to an aromatic ring is 1. The van der Waals surface area contributed by atoms with Crippen molar-refractivity contribution in [1.82, 2.24) is 4.90 Å². The van der Waals surface area contributed by atoms with Gasteiger partial charge in [0.15, 0.2) is 0 Å². The van der Waals surface area contributed by atoms with E-state index in [-0.39, 0.29) is 16.6 Å². The maximum Gasteiger partial charge on any atom is 0.240 e. The minimum atomic E-state index is -3.77. The third kappa shape index (κ3) is 4.66. The summed E-state index contributed by atoms with van der Waals surface area (Å²) in [5.41, 5.74) is 6.67. The van der Waals surface area contributed by atoms with Crippen LogP contribution in [0.1, 0.15) is 20.8 Å². The molecule has 1 unspecified atom stereocenters. The van der Waals surface area contributed by atoms with Crippen LogP contribution in [0.4, 0.5) is 11.4 Å². The van der Waals surface area contributed by atoms with E-state index in [1.165, 1.54) is 6.07 Å². The number of nitrogens with zero attached hydrogens (tertiary/aromatic N) is 1. The van der Waals surface area contributed by atoms with Gasteiger partial charge in [0.2, 0.25) is 10.0 Å². The second kappa shape index (κ2) is 6.92. The van der Waals surface area contributed by atoms with Crippen LogP contribution in [-0.2, 0) is 10.0 Å². The van der Waals surface area contributed by atoms with Crippen LogP contribution in [0, 0.1) is 0 Å². The number of benzene rings is 1. The van der Waals surface area contributed by atoms with Gasteiger partial charge in [-0.05, 0) is 38.2 Å². The van der Waals surface area contributed by atoms with Gasteiger partial charge in [0.1, 0.15) is 4.90 Å². The number of nitrogens with one attached hydrogen (secondary N) is 1. The summed E-state index contributed by atoms with van der Waals surface area (Å²) in [5, 5.41) is 8.38. The molecular formula is C13H24N4O2S. The average Bonchev–Trinajstić information content (AvgIpc) is 2.34. The maximum absolute atomic E-state index is 11.3. The van der Waals surface area contributed by atoms with Gasteiger partial charge in [-0.3, -0.25) is 0 Å². The highest BCUT2D eigenvalue weighted by Crippen LogP contribution is 2.21. The van der Waals surface area contributed by atoms with Crippen LogP contribution in [0.2, 0.25) is 0 Å². The molecule has 0 bridgehead atoms. The zero-order chi connectivity index (χ0) is 15.3. The molecule has 0 saturated carbocycles. The van der Waals surface area contributed by atoms with E-state index in [4.69, 9.17) is 10.9 Å². The zero-order valence-corrected chi connectivity index (χ0v) is 13.1. The van der Waals surface area contributed by atoms with Gasteiger partial charge in [0.05, 0.1) is 5.69 Å². The number of nitrogens with two attached hydrogens (primary N) is 2. The Hall–Kier alpha value is -1.31. The molecule has 1 aromatic rings. The lowest BCUT2D eigenvalue weighted by Gasteiger charge is -2.24. The Bertz CT molecular complexity index is 541. The molecule has 20 heavy (non-hydrogen) atoms. The third-order valence-corrected chi connectivity index (χ3v) is 4.14. The topological polar surface area (TPSA) is 101 Å². The fraction of sp³-hybridized carbons (Fsp3) is 0.538. The maximum atomic E-state index is 11.3. The van der Waals surface area contributed by atoms with Crippen LogP contribution in [0.5, 0.6) is 0 Å². The largest absolute Gasteiger partial charge is 0.398 e. The molecular weight excluding hydrogens is 276 g/mol. The van der Waals surface area contributed by atoms with Crippen molar-refractivity contribution in [2.24, 2.45) is 5.14 Å². The molecule has 0 aromatic heterocycles. The van der Waals surface area contributed by atoms with E-state index in [2.05, 4.69) is 31.0 Å². The van der Waals surface area contributed by atoms with Crippen LogP contribution < -0.4 is 16.2 Å². The van der Waals surface area contributed by atoms with Gasteiger partial charge < -0.3 is 16.0 Å². The van der Waals surface area contributed by atoms with Crippen molar-refractivity contribution in [2.45, 2.75) is 31.7 Å². The Morgan fingerprint density at radius 3 is 2.35 bits per heavy atom. The summed E-state index contributed by atoms with van der Waals surface area (Å²) in [6.07, 6.45) is 0. The smallest absolute Gasteiger partial charge is 0.240 e. The molecule has 1 aromatic carbocycles. The van der Waals surface area contributed by atoms with E-state index >= 15 is 0 Å². The fourth-order valence-corrected chi connectivity index (χ4v) is 2.74. The number of sulfonamides is 1. The van der Waals surface area contributed by atoms with Crippen LogP contribution >= 0.6 is 0 Å². The highest BCUT2D eigenvalue weighted by molar-refractivity contribution is 7.89. The number of likely N-dealkylation sites (N-methyl/N-ethyl adjacent to an activating group) is 1. The molecule has 6 nitrogen and oxygen atoms in total. The normalized spacial score (nSPS) is 13.4. The van der Waals surface area contributed by atoms with Gasteiger partial charge in [0, 0.05) is 18.3 Å².